The van der Waals surface area contributed by atoms with Crippen LogP contribution in [-0.4, -0.2) is 21.7 Å². The first-order valence-corrected chi connectivity index (χ1v) is 6.38. The maximum Gasteiger partial charge on any atom is 0.0976 e. The summed E-state index contributed by atoms with van der Waals surface area (Å²) in [5.41, 5.74) is 2.24. The molecule has 1 fully saturated rings. The summed E-state index contributed by atoms with van der Waals surface area (Å²) >= 11 is 1.69. The molecule has 2 aromatic heterocycles. The molecule has 84 valence electrons. The molecule has 0 unspecified atom stereocenters. The molecule has 1 saturated carbocycles. The molecule has 0 aliphatic heterocycles. The largest absolute Gasteiger partial charge is 0.396 e. The molecule has 2 heterocycles. The van der Waals surface area contributed by atoms with Crippen molar-refractivity contribution in [3.8, 4) is 11.4 Å². The molecular weight excluding hydrogens is 220 g/mol. The van der Waals surface area contributed by atoms with E-state index < -0.39 is 0 Å². The zero-order valence-corrected chi connectivity index (χ0v) is 9.76. The van der Waals surface area contributed by atoms with E-state index in [4.69, 9.17) is 0 Å². The van der Waals surface area contributed by atoms with Gasteiger partial charge >= 0.3 is 0 Å². The lowest BCUT2D eigenvalue weighted by molar-refractivity contribution is 0.211. The summed E-state index contributed by atoms with van der Waals surface area (Å²) in [5.74, 6) is 0. The van der Waals surface area contributed by atoms with Crippen molar-refractivity contribution in [1.29, 1.82) is 0 Å². The van der Waals surface area contributed by atoms with Crippen molar-refractivity contribution in [1.82, 2.24) is 9.97 Å². The predicted molar refractivity (Wildman–Crippen MR) is 64.4 cm³/mol. The van der Waals surface area contributed by atoms with Crippen LogP contribution in [0.4, 0.5) is 0 Å². The third kappa shape index (κ3) is 1.79. The average molecular weight is 234 g/mol. The first kappa shape index (κ1) is 10.1. The van der Waals surface area contributed by atoms with E-state index in [1.54, 1.807) is 11.3 Å². The Morgan fingerprint density at radius 3 is 3.00 bits per heavy atom. The lowest BCUT2D eigenvalue weighted by Gasteiger charge is -2.07. The van der Waals surface area contributed by atoms with Crippen LogP contribution in [0, 0.1) is 5.41 Å². The Hall–Kier alpha value is -1.13. The number of hydrogen-bond acceptors (Lipinski definition) is 3. The summed E-state index contributed by atoms with van der Waals surface area (Å²) in [4.78, 5) is 7.76. The fourth-order valence-corrected chi connectivity index (χ4v) is 2.86. The molecule has 3 nitrogen and oxygen atoms in total. The SMILES string of the molecule is OCC1(Cc2nc(-c3ccc[nH]3)cs2)CC1. The molecule has 1 aliphatic rings. The van der Waals surface area contributed by atoms with Crippen LogP contribution >= 0.6 is 11.3 Å². The molecule has 3 rings (SSSR count). The van der Waals surface area contributed by atoms with Crippen LogP contribution < -0.4 is 0 Å². The third-order valence-corrected chi connectivity index (χ3v) is 4.09. The highest BCUT2D eigenvalue weighted by Gasteiger charge is 2.42. The molecule has 0 spiro atoms. The Labute approximate surface area is 98.2 Å². The van der Waals surface area contributed by atoms with Gasteiger partial charge in [-0.25, -0.2) is 4.98 Å². The van der Waals surface area contributed by atoms with Gasteiger partial charge in [0.15, 0.2) is 0 Å². The van der Waals surface area contributed by atoms with Gasteiger partial charge in [0, 0.05) is 24.6 Å². The maximum atomic E-state index is 9.28. The van der Waals surface area contributed by atoms with Crippen LogP contribution in [0.1, 0.15) is 17.8 Å². The summed E-state index contributed by atoms with van der Waals surface area (Å²) in [6, 6.07) is 4.00. The number of aromatic amines is 1. The number of hydrogen-bond donors (Lipinski definition) is 2. The molecule has 0 radical (unpaired) electrons. The van der Waals surface area contributed by atoms with Crippen molar-refractivity contribution in [3.63, 3.8) is 0 Å². The van der Waals surface area contributed by atoms with Crippen LogP contribution in [0.3, 0.4) is 0 Å². The van der Waals surface area contributed by atoms with Gasteiger partial charge in [0.25, 0.3) is 0 Å². The molecule has 0 aromatic carbocycles. The number of thiazole rings is 1. The molecule has 0 saturated heterocycles. The summed E-state index contributed by atoms with van der Waals surface area (Å²) in [5, 5.41) is 12.5. The Bertz CT molecular complexity index is 471. The average Bonchev–Trinajstić information content (AvgIpc) is 2.72. The van der Waals surface area contributed by atoms with E-state index in [0.717, 1.165) is 35.7 Å². The van der Waals surface area contributed by atoms with Crippen molar-refractivity contribution >= 4 is 11.3 Å². The fourth-order valence-electron chi connectivity index (χ4n) is 1.89. The minimum atomic E-state index is 0.158. The van der Waals surface area contributed by atoms with Gasteiger partial charge in [0.1, 0.15) is 0 Å². The third-order valence-electron chi connectivity index (χ3n) is 3.24. The predicted octanol–water partition coefficient (Wildman–Crippen LogP) is 2.45. The smallest absolute Gasteiger partial charge is 0.0976 e. The van der Waals surface area contributed by atoms with Crippen molar-refractivity contribution in [3.05, 3.63) is 28.7 Å². The molecule has 0 atom stereocenters. The van der Waals surface area contributed by atoms with Crippen molar-refractivity contribution in [2.24, 2.45) is 5.41 Å². The van der Waals surface area contributed by atoms with Gasteiger partial charge < -0.3 is 10.1 Å². The lowest BCUT2D eigenvalue weighted by Crippen LogP contribution is -2.09. The zero-order valence-electron chi connectivity index (χ0n) is 8.94. The highest BCUT2D eigenvalue weighted by molar-refractivity contribution is 7.09. The summed E-state index contributed by atoms with van der Waals surface area (Å²) in [7, 11) is 0. The topological polar surface area (TPSA) is 48.9 Å². The summed E-state index contributed by atoms with van der Waals surface area (Å²) < 4.78 is 0. The van der Waals surface area contributed by atoms with Crippen LogP contribution in [-0.2, 0) is 6.42 Å². The highest BCUT2D eigenvalue weighted by Crippen LogP contribution is 2.48. The summed E-state index contributed by atoms with van der Waals surface area (Å²) in [6.07, 6.45) is 5.11. The van der Waals surface area contributed by atoms with Gasteiger partial charge in [-0.3, -0.25) is 0 Å². The van der Waals surface area contributed by atoms with Gasteiger partial charge in [-0.1, -0.05) is 0 Å². The van der Waals surface area contributed by atoms with Gasteiger partial charge in [0.2, 0.25) is 0 Å². The van der Waals surface area contributed by atoms with Gasteiger partial charge in [0.05, 0.1) is 16.4 Å². The van der Waals surface area contributed by atoms with Crippen LogP contribution in [0.25, 0.3) is 11.4 Å². The second-order valence-corrected chi connectivity index (χ2v) is 5.49. The van der Waals surface area contributed by atoms with Crippen molar-refractivity contribution < 1.29 is 5.11 Å². The van der Waals surface area contributed by atoms with Crippen LogP contribution in [0.5, 0.6) is 0 Å². The molecule has 0 bridgehead atoms. The fraction of sp³-hybridized carbons (Fsp3) is 0.417. The minimum absolute atomic E-state index is 0.158. The van der Waals surface area contributed by atoms with Crippen molar-refractivity contribution in [2.45, 2.75) is 19.3 Å². The molecule has 4 heteroatoms. The van der Waals surface area contributed by atoms with Crippen LogP contribution in [0.15, 0.2) is 23.7 Å². The quantitative estimate of drug-likeness (QED) is 0.853. The second kappa shape index (κ2) is 3.71. The van der Waals surface area contributed by atoms with E-state index in [1.807, 2.05) is 18.3 Å². The standard InChI is InChI=1S/C12H14N2OS/c15-8-12(3-4-12)6-11-14-10(7-16-11)9-2-1-5-13-9/h1-2,5,7,13,15H,3-4,6,8H2. The normalized spacial score (nSPS) is 17.6. The highest BCUT2D eigenvalue weighted by atomic mass is 32.1. The van der Waals surface area contributed by atoms with E-state index in [-0.39, 0.29) is 5.41 Å². The van der Waals surface area contributed by atoms with Crippen molar-refractivity contribution in [2.75, 3.05) is 6.61 Å². The Morgan fingerprint density at radius 1 is 1.50 bits per heavy atom. The number of aliphatic hydroxyl groups excluding tert-OH is 1. The molecule has 2 aromatic rings. The Balaban J connectivity index is 1.78. The zero-order chi connectivity index (χ0) is 11.0. The monoisotopic (exact) mass is 234 g/mol. The van der Waals surface area contributed by atoms with E-state index in [0.29, 0.717) is 6.61 Å². The van der Waals surface area contributed by atoms with Crippen LogP contribution in [0.2, 0.25) is 0 Å². The number of aliphatic hydroxyl groups is 1. The van der Waals surface area contributed by atoms with E-state index in [1.165, 1.54) is 0 Å². The number of nitrogens with one attached hydrogen (secondary N) is 1. The molecule has 16 heavy (non-hydrogen) atoms. The Morgan fingerprint density at radius 2 is 2.38 bits per heavy atom. The number of H-pyrrole nitrogens is 1. The molecule has 2 N–H and O–H groups in total. The summed E-state index contributed by atoms with van der Waals surface area (Å²) in [6.45, 7) is 0.296. The van der Waals surface area contributed by atoms with Gasteiger partial charge in [-0.15, -0.1) is 11.3 Å². The Kier molecular flexibility index (Phi) is 2.33. The first-order valence-electron chi connectivity index (χ1n) is 5.50. The van der Waals surface area contributed by atoms with E-state index >= 15 is 0 Å². The number of aromatic nitrogens is 2. The molecule has 0 amide bonds. The maximum absolute atomic E-state index is 9.28. The number of rotatable bonds is 4. The number of nitrogens with zero attached hydrogens (tertiary/aromatic N) is 1. The van der Waals surface area contributed by atoms with E-state index in [9.17, 15) is 5.11 Å². The minimum Gasteiger partial charge on any atom is -0.396 e. The first-order chi connectivity index (χ1) is 7.81. The van der Waals surface area contributed by atoms with Gasteiger partial charge in [-0.05, 0) is 30.4 Å². The van der Waals surface area contributed by atoms with E-state index in [2.05, 4.69) is 15.3 Å². The second-order valence-electron chi connectivity index (χ2n) is 4.55. The van der Waals surface area contributed by atoms with Gasteiger partial charge in [-0.2, -0.15) is 0 Å². The molecular formula is C12H14N2OS. The lowest BCUT2D eigenvalue weighted by atomic mass is 10.1. The molecule has 1 aliphatic carbocycles.